The Kier molecular flexibility index (Phi) is 5.60. The Morgan fingerprint density at radius 3 is 2.71 bits per heavy atom. The molecule has 7 nitrogen and oxygen atoms in total. The summed E-state index contributed by atoms with van der Waals surface area (Å²) in [6.07, 6.45) is -1.69. The van der Waals surface area contributed by atoms with E-state index in [0.29, 0.717) is 0 Å². The molecule has 0 aliphatic heterocycles. The van der Waals surface area contributed by atoms with E-state index in [4.69, 9.17) is 4.74 Å². The summed E-state index contributed by atoms with van der Waals surface area (Å²) in [5, 5.41) is 9.57. The van der Waals surface area contributed by atoms with Gasteiger partial charge in [-0.2, -0.15) is 0 Å². The summed E-state index contributed by atoms with van der Waals surface area (Å²) in [5.41, 5.74) is 0.894. The van der Waals surface area contributed by atoms with Gasteiger partial charge in [-0.25, -0.2) is 14.0 Å². The molecule has 1 unspecified atom stereocenters. The van der Waals surface area contributed by atoms with Crippen LogP contribution in [0.4, 0.5) is 9.18 Å². The molecule has 1 atom stereocenters. The fourth-order valence-corrected chi connectivity index (χ4v) is 1.29. The predicted octanol–water partition coefficient (Wildman–Crippen LogP) is 1.11. The molecular formula is C13H17FN2O5. The van der Waals surface area contributed by atoms with Crippen molar-refractivity contribution >= 4 is 12.1 Å². The first kappa shape index (κ1) is 16.8. The summed E-state index contributed by atoms with van der Waals surface area (Å²) < 4.78 is 18.1. The van der Waals surface area contributed by atoms with Gasteiger partial charge in [-0.15, -0.1) is 5.48 Å². The minimum Gasteiger partial charge on any atom is -0.442 e. The molecule has 1 amide bonds. The molecule has 1 aromatic heterocycles. The molecule has 0 bridgehead atoms. The van der Waals surface area contributed by atoms with E-state index >= 15 is 0 Å². The second kappa shape index (κ2) is 6.98. The number of ether oxygens (including phenoxy) is 1. The lowest BCUT2D eigenvalue weighted by Crippen LogP contribution is -2.37. The lowest BCUT2D eigenvalue weighted by Gasteiger charge is -2.19. The molecule has 1 rings (SSSR count). The molecule has 21 heavy (non-hydrogen) atoms. The number of nitrogens with one attached hydrogen (secondary N) is 1. The first-order valence-electron chi connectivity index (χ1n) is 6.16. The van der Waals surface area contributed by atoms with Crippen molar-refractivity contribution in [2.75, 3.05) is 0 Å². The SMILES string of the molecule is CC(C)(C)OC(=O)NOC(=O)C(O)Cc1ncccc1F. The number of pyridine rings is 1. The predicted molar refractivity (Wildman–Crippen MR) is 69.4 cm³/mol. The summed E-state index contributed by atoms with van der Waals surface area (Å²) in [6, 6.07) is 2.53. The minimum absolute atomic E-state index is 0.0841. The Morgan fingerprint density at radius 1 is 1.48 bits per heavy atom. The van der Waals surface area contributed by atoms with Crippen molar-refractivity contribution in [1.29, 1.82) is 0 Å². The van der Waals surface area contributed by atoms with Crippen molar-refractivity contribution in [3.05, 3.63) is 29.8 Å². The zero-order valence-corrected chi connectivity index (χ0v) is 11.9. The van der Waals surface area contributed by atoms with E-state index in [1.54, 1.807) is 26.3 Å². The number of hydrogen-bond acceptors (Lipinski definition) is 6. The van der Waals surface area contributed by atoms with Gasteiger partial charge in [0, 0.05) is 12.6 Å². The first-order valence-corrected chi connectivity index (χ1v) is 6.16. The lowest BCUT2D eigenvalue weighted by molar-refractivity contribution is -0.160. The molecule has 0 saturated heterocycles. The number of nitrogens with zero attached hydrogens (tertiary/aromatic N) is 1. The maximum atomic E-state index is 13.3. The van der Waals surface area contributed by atoms with Crippen LogP contribution in [0.2, 0.25) is 0 Å². The number of halogens is 1. The lowest BCUT2D eigenvalue weighted by atomic mass is 10.2. The molecule has 0 saturated carbocycles. The van der Waals surface area contributed by atoms with Gasteiger partial charge >= 0.3 is 12.1 Å². The number of hydroxylamine groups is 1. The Bertz CT molecular complexity index is 516. The van der Waals surface area contributed by atoms with Crippen LogP contribution in [-0.2, 0) is 20.8 Å². The number of aliphatic hydroxyl groups is 1. The molecular weight excluding hydrogens is 283 g/mol. The molecule has 1 heterocycles. The van der Waals surface area contributed by atoms with Gasteiger partial charge in [0.05, 0.1) is 5.69 Å². The van der Waals surface area contributed by atoms with Gasteiger partial charge in [0.25, 0.3) is 0 Å². The van der Waals surface area contributed by atoms with Crippen LogP contribution in [0.5, 0.6) is 0 Å². The summed E-state index contributed by atoms with van der Waals surface area (Å²) in [4.78, 5) is 30.7. The van der Waals surface area contributed by atoms with E-state index in [2.05, 4.69) is 9.82 Å². The van der Waals surface area contributed by atoms with Crippen LogP contribution in [0.25, 0.3) is 0 Å². The highest BCUT2D eigenvalue weighted by Gasteiger charge is 2.22. The van der Waals surface area contributed by atoms with Gasteiger partial charge in [-0.1, -0.05) is 0 Å². The maximum absolute atomic E-state index is 13.3. The summed E-state index contributed by atoms with van der Waals surface area (Å²) in [7, 11) is 0. The highest BCUT2D eigenvalue weighted by atomic mass is 19.1. The van der Waals surface area contributed by atoms with Gasteiger partial charge in [-0.05, 0) is 32.9 Å². The van der Waals surface area contributed by atoms with E-state index in [-0.39, 0.29) is 12.1 Å². The second-order valence-electron chi connectivity index (χ2n) is 5.18. The molecule has 0 aromatic carbocycles. The van der Waals surface area contributed by atoms with E-state index in [1.165, 1.54) is 12.3 Å². The van der Waals surface area contributed by atoms with Crippen LogP contribution in [0.1, 0.15) is 26.5 Å². The van der Waals surface area contributed by atoms with Crippen LogP contribution in [0.15, 0.2) is 18.3 Å². The maximum Gasteiger partial charge on any atom is 0.441 e. The molecule has 2 N–H and O–H groups in total. The fraction of sp³-hybridized carbons (Fsp3) is 0.462. The van der Waals surface area contributed by atoms with Gasteiger partial charge in [0.15, 0.2) is 6.10 Å². The third-order valence-corrected chi connectivity index (χ3v) is 2.13. The zero-order chi connectivity index (χ0) is 16.0. The largest absolute Gasteiger partial charge is 0.442 e. The standard InChI is InChI=1S/C13H17FN2O5/c1-13(2,3)20-12(19)16-21-11(18)10(17)7-9-8(14)5-4-6-15-9/h4-6,10,17H,7H2,1-3H3,(H,16,19). The number of carbonyl (C=O) groups is 2. The number of aromatic nitrogens is 1. The van der Waals surface area contributed by atoms with Crippen LogP contribution in [0, 0.1) is 5.82 Å². The number of hydrogen-bond donors (Lipinski definition) is 2. The van der Waals surface area contributed by atoms with Crippen molar-refractivity contribution < 1.29 is 28.7 Å². The summed E-state index contributed by atoms with van der Waals surface area (Å²) in [6.45, 7) is 4.90. The van der Waals surface area contributed by atoms with Gasteiger partial charge in [0.1, 0.15) is 11.4 Å². The zero-order valence-electron chi connectivity index (χ0n) is 11.9. The summed E-state index contributed by atoms with van der Waals surface area (Å²) >= 11 is 0. The third-order valence-electron chi connectivity index (χ3n) is 2.13. The van der Waals surface area contributed by atoms with Crippen molar-refractivity contribution in [3.8, 4) is 0 Å². The minimum atomic E-state index is -1.66. The molecule has 0 spiro atoms. The normalized spacial score (nSPS) is 12.4. The molecule has 0 radical (unpaired) electrons. The Hall–Kier alpha value is -2.22. The topological polar surface area (TPSA) is 97.8 Å². The quantitative estimate of drug-likeness (QED) is 0.811. The van der Waals surface area contributed by atoms with Gasteiger partial charge in [-0.3, -0.25) is 4.98 Å². The molecule has 0 fully saturated rings. The molecule has 116 valence electrons. The summed E-state index contributed by atoms with van der Waals surface area (Å²) in [5.74, 6) is -1.80. The number of carbonyl (C=O) groups excluding carboxylic acids is 2. The Balaban J connectivity index is 2.45. The smallest absolute Gasteiger partial charge is 0.441 e. The first-order chi connectivity index (χ1) is 9.69. The van der Waals surface area contributed by atoms with Crippen LogP contribution in [-0.4, -0.2) is 33.9 Å². The number of amides is 1. The van der Waals surface area contributed by atoms with Crippen molar-refractivity contribution in [2.45, 2.75) is 38.9 Å². The van der Waals surface area contributed by atoms with Crippen molar-refractivity contribution in [2.24, 2.45) is 0 Å². The second-order valence-corrected chi connectivity index (χ2v) is 5.18. The Labute approximate surface area is 121 Å². The number of aliphatic hydroxyl groups excluding tert-OH is 1. The fourth-order valence-electron chi connectivity index (χ4n) is 1.29. The molecule has 8 heteroatoms. The Morgan fingerprint density at radius 2 is 2.14 bits per heavy atom. The number of rotatable bonds is 3. The molecule has 1 aromatic rings. The molecule has 0 aliphatic rings. The average molecular weight is 300 g/mol. The van der Waals surface area contributed by atoms with E-state index in [1.807, 2.05) is 0 Å². The van der Waals surface area contributed by atoms with Crippen LogP contribution in [0.3, 0.4) is 0 Å². The van der Waals surface area contributed by atoms with Crippen LogP contribution < -0.4 is 5.48 Å². The van der Waals surface area contributed by atoms with E-state index in [0.717, 1.165) is 6.07 Å². The monoisotopic (exact) mass is 300 g/mol. The van der Waals surface area contributed by atoms with Crippen molar-refractivity contribution in [1.82, 2.24) is 10.5 Å². The van der Waals surface area contributed by atoms with Gasteiger partial charge < -0.3 is 14.7 Å². The average Bonchev–Trinajstić information content (AvgIpc) is 2.36. The van der Waals surface area contributed by atoms with E-state index in [9.17, 15) is 19.1 Å². The van der Waals surface area contributed by atoms with Crippen molar-refractivity contribution in [3.63, 3.8) is 0 Å². The molecule has 0 aliphatic carbocycles. The van der Waals surface area contributed by atoms with Gasteiger partial charge in [0.2, 0.25) is 0 Å². The van der Waals surface area contributed by atoms with E-state index < -0.39 is 29.6 Å². The third kappa shape index (κ3) is 6.17. The van der Waals surface area contributed by atoms with Crippen LogP contribution >= 0.6 is 0 Å². The highest BCUT2D eigenvalue weighted by molar-refractivity contribution is 5.76. The highest BCUT2D eigenvalue weighted by Crippen LogP contribution is 2.08.